The van der Waals surface area contributed by atoms with Crippen LogP contribution in [-0.2, 0) is 6.54 Å². The Labute approximate surface area is 116 Å². The van der Waals surface area contributed by atoms with Crippen molar-refractivity contribution < 1.29 is 4.39 Å². The second-order valence-electron chi connectivity index (χ2n) is 5.42. The van der Waals surface area contributed by atoms with E-state index < -0.39 is 0 Å². The lowest BCUT2D eigenvalue weighted by Crippen LogP contribution is -2.24. The summed E-state index contributed by atoms with van der Waals surface area (Å²) < 4.78 is 14.0. The fraction of sp³-hybridized carbons (Fsp3) is 0.625. The molecular weight excluding hydrogens is 239 g/mol. The number of hydrogen-bond acceptors (Lipinski definition) is 2. The van der Waals surface area contributed by atoms with Gasteiger partial charge < -0.3 is 10.2 Å². The molecular formula is C16H25FN2. The number of hydrogen-bond donors (Lipinski definition) is 1. The van der Waals surface area contributed by atoms with E-state index in [0.29, 0.717) is 6.54 Å². The Bertz CT molecular complexity index is 406. The van der Waals surface area contributed by atoms with Gasteiger partial charge in [-0.2, -0.15) is 0 Å². The van der Waals surface area contributed by atoms with Crippen molar-refractivity contribution in [1.29, 1.82) is 0 Å². The minimum absolute atomic E-state index is 0.0824. The number of nitrogens with zero attached hydrogens (tertiary/aromatic N) is 1. The maximum Gasteiger partial charge on any atom is 0.129 e. The Morgan fingerprint density at radius 2 is 2.21 bits per heavy atom. The van der Waals surface area contributed by atoms with E-state index in [4.69, 9.17) is 0 Å². The number of benzene rings is 1. The van der Waals surface area contributed by atoms with Crippen LogP contribution in [-0.4, -0.2) is 19.6 Å². The zero-order valence-electron chi connectivity index (χ0n) is 12.1. The highest BCUT2D eigenvalue weighted by molar-refractivity contribution is 5.55. The Balaban J connectivity index is 2.13. The molecule has 1 atom stereocenters. The quantitative estimate of drug-likeness (QED) is 0.790. The van der Waals surface area contributed by atoms with E-state index in [1.807, 2.05) is 6.07 Å². The van der Waals surface area contributed by atoms with Crippen LogP contribution in [0, 0.1) is 11.7 Å². The molecule has 19 heavy (non-hydrogen) atoms. The normalized spacial score (nSPS) is 19.1. The van der Waals surface area contributed by atoms with Gasteiger partial charge in [0.2, 0.25) is 0 Å². The van der Waals surface area contributed by atoms with Crippen LogP contribution in [0.2, 0.25) is 0 Å². The molecule has 0 saturated carbocycles. The van der Waals surface area contributed by atoms with Crippen LogP contribution >= 0.6 is 0 Å². The largest absolute Gasteiger partial charge is 0.371 e. The van der Waals surface area contributed by atoms with Gasteiger partial charge in [0, 0.05) is 30.9 Å². The lowest BCUT2D eigenvalue weighted by molar-refractivity contribution is 0.567. The minimum Gasteiger partial charge on any atom is -0.371 e. The van der Waals surface area contributed by atoms with Crippen LogP contribution in [0.25, 0.3) is 0 Å². The molecule has 2 rings (SSSR count). The molecule has 1 aliphatic heterocycles. The van der Waals surface area contributed by atoms with Gasteiger partial charge >= 0.3 is 0 Å². The number of anilines is 1. The summed E-state index contributed by atoms with van der Waals surface area (Å²) in [5.41, 5.74) is 1.91. The van der Waals surface area contributed by atoms with Gasteiger partial charge in [-0.3, -0.25) is 0 Å². The average molecular weight is 264 g/mol. The van der Waals surface area contributed by atoms with E-state index in [1.54, 1.807) is 6.07 Å². The highest BCUT2D eigenvalue weighted by atomic mass is 19.1. The van der Waals surface area contributed by atoms with E-state index in [2.05, 4.69) is 30.1 Å². The van der Waals surface area contributed by atoms with Gasteiger partial charge in [0.25, 0.3) is 0 Å². The van der Waals surface area contributed by atoms with Gasteiger partial charge in [0.1, 0.15) is 5.82 Å². The van der Waals surface area contributed by atoms with Crippen molar-refractivity contribution in [2.75, 3.05) is 24.5 Å². The van der Waals surface area contributed by atoms with Crippen molar-refractivity contribution in [3.05, 3.63) is 29.6 Å². The lowest BCUT2D eigenvalue weighted by Gasteiger charge is -2.22. The molecule has 1 unspecified atom stereocenters. The molecule has 1 aliphatic rings. The molecule has 3 heteroatoms. The third-order valence-corrected chi connectivity index (χ3v) is 4.03. The summed E-state index contributed by atoms with van der Waals surface area (Å²) in [6.07, 6.45) is 3.52. The monoisotopic (exact) mass is 264 g/mol. The highest BCUT2D eigenvalue weighted by Gasteiger charge is 2.23. The third kappa shape index (κ3) is 3.47. The zero-order chi connectivity index (χ0) is 13.7. The zero-order valence-corrected chi connectivity index (χ0v) is 12.1. The smallest absolute Gasteiger partial charge is 0.129 e. The van der Waals surface area contributed by atoms with Gasteiger partial charge in [-0.25, -0.2) is 4.39 Å². The lowest BCUT2D eigenvalue weighted by atomic mass is 10.1. The van der Waals surface area contributed by atoms with Gasteiger partial charge in [0.15, 0.2) is 0 Å². The Kier molecular flexibility index (Phi) is 5.20. The van der Waals surface area contributed by atoms with Crippen molar-refractivity contribution in [3.8, 4) is 0 Å². The molecule has 2 nitrogen and oxygen atoms in total. The molecule has 1 saturated heterocycles. The molecule has 0 spiro atoms. The van der Waals surface area contributed by atoms with Crippen LogP contribution in [0.3, 0.4) is 0 Å². The second-order valence-corrected chi connectivity index (χ2v) is 5.42. The van der Waals surface area contributed by atoms with Crippen molar-refractivity contribution in [3.63, 3.8) is 0 Å². The summed E-state index contributed by atoms with van der Waals surface area (Å²) in [6, 6.07) is 5.46. The minimum atomic E-state index is -0.0824. The molecule has 1 N–H and O–H groups in total. The molecule has 1 heterocycles. The highest BCUT2D eigenvalue weighted by Crippen LogP contribution is 2.29. The molecule has 0 aromatic heterocycles. The van der Waals surface area contributed by atoms with Crippen LogP contribution in [0.1, 0.15) is 38.7 Å². The van der Waals surface area contributed by atoms with E-state index in [0.717, 1.165) is 43.2 Å². The number of halogens is 1. The first-order valence-electron chi connectivity index (χ1n) is 7.49. The summed E-state index contributed by atoms with van der Waals surface area (Å²) in [5, 5.41) is 3.31. The predicted octanol–water partition coefficient (Wildman–Crippen LogP) is 3.56. The topological polar surface area (TPSA) is 15.3 Å². The van der Waals surface area contributed by atoms with Gasteiger partial charge in [-0.15, -0.1) is 0 Å². The van der Waals surface area contributed by atoms with Gasteiger partial charge in [-0.05, 0) is 37.4 Å². The van der Waals surface area contributed by atoms with Crippen molar-refractivity contribution >= 4 is 5.69 Å². The van der Waals surface area contributed by atoms with Crippen LogP contribution in [0.5, 0.6) is 0 Å². The standard InChI is InChI=1S/C16H25FN2/c1-3-9-18-11-14-15(17)6-5-7-16(14)19-10-8-13(4-2)12-19/h5-7,13,18H,3-4,8-12H2,1-2H3. The van der Waals surface area contributed by atoms with Crippen molar-refractivity contribution in [2.45, 2.75) is 39.7 Å². The number of rotatable bonds is 6. The average Bonchev–Trinajstić information content (AvgIpc) is 2.89. The molecule has 0 aliphatic carbocycles. The molecule has 1 aromatic carbocycles. The first-order chi connectivity index (χ1) is 9.26. The molecule has 0 radical (unpaired) electrons. The fourth-order valence-corrected chi connectivity index (χ4v) is 2.79. The summed E-state index contributed by atoms with van der Waals surface area (Å²) >= 11 is 0. The Morgan fingerprint density at radius 1 is 1.37 bits per heavy atom. The van der Waals surface area contributed by atoms with Gasteiger partial charge in [0.05, 0.1) is 0 Å². The number of nitrogens with one attached hydrogen (secondary N) is 1. The Hall–Kier alpha value is -1.09. The first-order valence-corrected chi connectivity index (χ1v) is 7.49. The summed E-state index contributed by atoms with van der Waals surface area (Å²) in [4.78, 5) is 2.35. The molecule has 106 valence electrons. The van der Waals surface area contributed by atoms with Crippen LogP contribution in [0.4, 0.5) is 10.1 Å². The van der Waals surface area contributed by atoms with E-state index in [9.17, 15) is 4.39 Å². The predicted molar refractivity (Wildman–Crippen MR) is 79.0 cm³/mol. The summed E-state index contributed by atoms with van der Waals surface area (Å²) in [6.45, 7) is 8.06. The maximum absolute atomic E-state index is 14.0. The molecule has 1 aromatic rings. The SMILES string of the molecule is CCCNCc1c(F)cccc1N1CCC(CC)C1. The summed E-state index contributed by atoms with van der Waals surface area (Å²) in [5.74, 6) is 0.681. The fourth-order valence-electron chi connectivity index (χ4n) is 2.79. The van der Waals surface area contributed by atoms with E-state index in [1.165, 1.54) is 12.8 Å². The Morgan fingerprint density at radius 3 is 2.89 bits per heavy atom. The third-order valence-electron chi connectivity index (χ3n) is 4.03. The first kappa shape index (κ1) is 14.3. The van der Waals surface area contributed by atoms with Crippen LogP contribution < -0.4 is 10.2 Å². The maximum atomic E-state index is 14.0. The molecule has 0 bridgehead atoms. The van der Waals surface area contributed by atoms with Gasteiger partial charge in [-0.1, -0.05) is 26.3 Å². The van der Waals surface area contributed by atoms with E-state index >= 15 is 0 Å². The molecule has 0 amide bonds. The second kappa shape index (κ2) is 6.90. The van der Waals surface area contributed by atoms with E-state index in [-0.39, 0.29) is 5.82 Å². The molecule has 1 fully saturated rings. The summed E-state index contributed by atoms with van der Waals surface area (Å²) in [7, 11) is 0. The van der Waals surface area contributed by atoms with Crippen molar-refractivity contribution in [1.82, 2.24) is 5.32 Å². The van der Waals surface area contributed by atoms with Crippen LogP contribution in [0.15, 0.2) is 18.2 Å². The van der Waals surface area contributed by atoms with Crippen molar-refractivity contribution in [2.24, 2.45) is 5.92 Å².